The van der Waals surface area contributed by atoms with Crippen LogP contribution in [-0.2, 0) is 10.0 Å². The highest BCUT2D eigenvalue weighted by Crippen LogP contribution is 2.38. The zero-order chi connectivity index (χ0) is 22.7. The number of anilines is 2. The third-order valence-electron chi connectivity index (χ3n) is 5.96. The third-order valence-corrected chi connectivity index (χ3v) is 9.90. The van der Waals surface area contributed by atoms with E-state index in [4.69, 9.17) is 11.6 Å². The highest BCUT2D eigenvalue weighted by molar-refractivity contribution is 7.95. The van der Waals surface area contributed by atoms with Crippen molar-refractivity contribution in [2.75, 3.05) is 41.9 Å². The van der Waals surface area contributed by atoms with Crippen molar-refractivity contribution < 1.29 is 8.42 Å². The fraction of sp³-hybridized carbons (Fsp3) is 0.417. The Morgan fingerprint density at radius 2 is 1.81 bits per heavy atom. The second kappa shape index (κ2) is 10.00. The number of thiophene rings is 1. The van der Waals surface area contributed by atoms with E-state index < -0.39 is 10.0 Å². The van der Waals surface area contributed by atoms with Gasteiger partial charge in [0, 0.05) is 48.1 Å². The average molecular weight is 492 g/mol. The van der Waals surface area contributed by atoms with Gasteiger partial charge in [0.15, 0.2) is 0 Å². The number of halogens is 1. The van der Waals surface area contributed by atoms with Gasteiger partial charge in [-0.25, -0.2) is 8.42 Å². The van der Waals surface area contributed by atoms with Crippen LogP contribution in [0.1, 0.15) is 31.7 Å². The van der Waals surface area contributed by atoms with Crippen LogP contribution in [0.4, 0.5) is 11.4 Å². The number of sulfonamides is 1. The zero-order valence-corrected chi connectivity index (χ0v) is 21.0. The lowest BCUT2D eigenvalue weighted by molar-refractivity contribution is 0.588. The molecule has 5 nitrogen and oxygen atoms in total. The Kier molecular flexibility index (Phi) is 7.30. The monoisotopic (exact) mass is 491 g/mol. The minimum atomic E-state index is -3.69. The molecule has 1 fully saturated rings. The number of rotatable bonds is 8. The normalized spacial score (nSPS) is 14.8. The molecule has 0 radical (unpaired) electrons. The van der Waals surface area contributed by atoms with Crippen molar-refractivity contribution in [1.82, 2.24) is 5.32 Å². The van der Waals surface area contributed by atoms with Gasteiger partial charge < -0.3 is 10.2 Å². The van der Waals surface area contributed by atoms with E-state index in [0.717, 1.165) is 72.5 Å². The first-order valence-electron chi connectivity index (χ1n) is 11.2. The number of benzene rings is 2. The number of nitrogens with zero attached hydrogens (tertiary/aromatic N) is 2. The first-order valence-corrected chi connectivity index (χ1v) is 13.8. The maximum atomic E-state index is 13.9. The summed E-state index contributed by atoms with van der Waals surface area (Å²) in [4.78, 5) is 2.33. The molecule has 1 aliphatic rings. The van der Waals surface area contributed by atoms with Gasteiger partial charge in [-0.3, -0.25) is 4.31 Å². The maximum absolute atomic E-state index is 13.9. The summed E-state index contributed by atoms with van der Waals surface area (Å²) in [7, 11) is -3.69. The van der Waals surface area contributed by atoms with Crippen LogP contribution in [0.25, 0.3) is 10.1 Å². The number of hydrogen-bond acceptors (Lipinski definition) is 5. The number of hydrogen-bond donors (Lipinski definition) is 1. The van der Waals surface area contributed by atoms with Gasteiger partial charge in [0.1, 0.15) is 4.21 Å². The van der Waals surface area contributed by atoms with Gasteiger partial charge in [-0.1, -0.05) is 31.4 Å². The topological polar surface area (TPSA) is 52.6 Å². The van der Waals surface area contributed by atoms with E-state index in [9.17, 15) is 8.42 Å². The summed E-state index contributed by atoms with van der Waals surface area (Å²) in [6.45, 7) is 8.32. The Labute approximate surface area is 200 Å². The highest BCUT2D eigenvalue weighted by atomic mass is 35.5. The number of nitrogens with one attached hydrogen (secondary N) is 1. The van der Waals surface area contributed by atoms with E-state index in [-0.39, 0.29) is 0 Å². The summed E-state index contributed by atoms with van der Waals surface area (Å²) in [6.07, 6.45) is 2.85. The van der Waals surface area contributed by atoms with Crippen LogP contribution in [0.15, 0.2) is 46.7 Å². The standard InChI is InChI=1S/C24H30ClN3O2S2/c1-3-4-5-14-28(21-9-7-20(8-10-21)27-15-12-26-13-16-27)32(29,30)24-18(2)22-17-19(25)6-11-23(22)31-24/h6-11,17,26H,3-5,12-16H2,1-2H3. The molecule has 4 rings (SSSR count). The van der Waals surface area contributed by atoms with Crippen LogP contribution in [0, 0.1) is 6.92 Å². The predicted octanol–water partition coefficient (Wildman–Crippen LogP) is 5.66. The molecule has 2 aromatic carbocycles. The second-order valence-electron chi connectivity index (χ2n) is 8.19. The molecular weight excluding hydrogens is 462 g/mol. The molecule has 32 heavy (non-hydrogen) atoms. The smallest absolute Gasteiger partial charge is 0.274 e. The molecule has 0 bridgehead atoms. The molecule has 2 heterocycles. The Balaban J connectivity index is 1.70. The summed E-state index contributed by atoms with van der Waals surface area (Å²) in [5.41, 5.74) is 2.62. The molecule has 0 aliphatic carbocycles. The van der Waals surface area contributed by atoms with E-state index in [2.05, 4.69) is 17.1 Å². The van der Waals surface area contributed by atoms with Crippen LogP contribution in [0.5, 0.6) is 0 Å². The van der Waals surface area contributed by atoms with Crippen molar-refractivity contribution >= 4 is 54.4 Å². The molecule has 1 N–H and O–H groups in total. The van der Waals surface area contributed by atoms with Gasteiger partial charge in [0.25, 0.3) is 10.0 Å². The van der Waals surface area contributed by atoms with Crippen molar-refractivity contribution in [1.29, 1.82) is 0 Å². The van der Waals surface area contributed by atoms with Crippen LogP contribution >= 0.6 is 22.9 Å². The third kappa shape index (κ3) is 4.76. The van der Waals surface area contributed by atoms with Crippen LogP contribution < -0.4 is 14.5 Å². The fourth-order valence-corrected chi connectivity index (χ4v) is 7.68. The molecule has 172 valence electrons. The van der Waals surface area contributed by atoms with Crippen molar-refractivity contribution in [3.05, 3.63) is 53.1 Å². The molecule has 0 unspecified atom stereocenters. The van der Waals surface area contributed by atoms with Gasteiger partial charge in [-0.15, -0.1) is 11.3 Å². The zero-order valence-electron chi connectivity index (χ0n) is 18.6. The quantitative estimate of drug-likeness (QED) is 0.413. The lowest BCUT2D eigenvalue weighted by Gasteiger charge is -2.30. The summed E-state index contributed by atoms with van der Waals surface area (Å²) >= 11 is 7.50. The second-order valence-corrected chi connectivity index (χ2v) is 11.7. The van der Waals surface area contributed by atoms with E-state index >= 15 is 0 Å². The molecule has 8 heteroatoms. The summed E-state index contributed by atoms with van der Waals surface area (Å²) in [5, 5.41) is 4.89. The number of aryl methyl sites for hydroxylation is 1. The summed E-state index contributed by atoms with van der Waals surface area (Å²) < 4.78 is 30.7. The summed E-state index contributed by atoms with van der Waals surface area (Å²) in [5.74, 6) is 0. The maximum Gasteiger partial charge on any atom is 0.274 e. The van der Waals surface area contributed by atoms with Crippen molar-refractivity contribution in [2.24, 2.45) is 0 Å². The first kappa shape index (κ1) is 23.4. The molecular formula is C24H30ClN3O2S2. The van der Waals surface area contributed by atoms with Crippen molar-refractivity contribution in [3.63, 3.8) is 0 Å². The van der Waals surface area contributed by atoms with E-state index in [0.29, 0.717) is 15.8 Å². The van der Waals surface area contributed by atoms with Gasteiger partial charge in [0.05, 0.1) is 5.69 Å². The Morgan fingerprint density at radius 1 is 1.09 bits per heavy atom. The van der Waals surface area contributed by atoms with E-state index in [1.54, 1.807) is 4.31 Å². The minimum Gasteiger partial charge on any atom is -0.369 e. The molecule has 1 aromatic heterocycles. The highest BCUT2D eigenvalue weighted by Gasteiger charge is 2.29. The Bertz CT molecular complexity index is 1170. The van der Waals surface area contributed by atoms with Gasteiger partial charge >= 0.3 is 0 Å². The van der Waals surface area contributed by atoms with Crippen molar-refractivity contribution in [3.8, 4) is 0 Å². The average Bonchev–Trinajstić information content (AvgIpc) is 3.14. The number of piperazine rings is 1. The molecule has 3 aromatic rings. The van der Waals surface area contributed by atoms with Crippen molar-refractivity contribution in [2.45, 2.75) is 37.3 Å². The Morgan fingerprint density at radius 3 is 2.50 bits per heavy atom. The van der Waals surface area contributed by atoms with Gasteiger partial charge in [-0.2, -0.15) is 0 Å². The van der Waals surface area contributed by atoms with Gasteiger partial charge in [-0.05, 0) is 66.8 Å². The Hall–Kier alpha value is -1.80. The lowest BCUT2D eigenvalue weighted by atomic mass is 10.2. The van der Waals surface area contributed by atoms with Crippen LogP contribution in [-0.4, -0.2) is 41.1 Å². The number of fused-ring (bicyclic) bond motifs is 1. The molecule has 0 amide bonds. The first-order chi connectivity index (χ1) is 15.4. The molecule has 0 atom stereocenters. The molecule has 0 spiro atoms. The molecule has 1 saturated heterocycles. The molecule has 1 aliphatic heterocycles. The van der Waals surface area contributed by atoms with Crippen LogP contribution in [0.3, 0.4) is 0 Å². The lowest BCUT2D eigenvalue weighted by Crippen LogP contribution is -2.43. The largest absolute Gasteiger partial charge is 0.369 e. The fourth-order valence-electron chi connectivity index (χ4n) is 4.16. The van der Waals surface area contributed by atoms with Gasteiger partial charge in [0.2, 0.25) is 0 Å². The van der Waals surface area contributed by atoms with Crippen LogP contribution in [0.2, 0.25) is 5.02 Å². The van der Waals surface area contributed by atoms with E-state index in [1.807, 2.05) is 49.4 Å². The summed E-state index contributed by atoms with van der Waals surface area (Å²) in [6, 6.07) is 13.5. The minimum absolute atomic E-state index is 0.400. The van der Waals surface area contributed by atoms with E-state index in [1.165, 1.54) is 11.3 Å². The number of unbranched alkanes of at least 4 members (excludes halogenated alkanes) is 2. The SMILES string of the molecule is CCCCCN(c1ccc(N2CCNCC2)cc1)S(=O)(=O)c1sc2ccc(Cl)cc2c1C. The molecule has 0 saturated carbocycles. The predicted molar refractivity (Wildman–Crippen MR) is 137 cm³/mol.